The minimum Gasteiger partial charge on any atom is -0.295 e. The largest absolute Gasteiger partial charge is 0.295 e. The first kappa shape index (κ1) is 16.0. The fourth-order valence-corrected chi connectivity index (χ4v) is 3.11. The van der Waals surface area contributed by atoms with Gasteiger partial charge in [0.25, 0.3) is 0 Å². The van der Waals surface area contributed by atoms with Crippen LogP contribution in [0.15, 0.2) is 18.2 Å². The third-order valence-corrected chi connectivity index (χ3v) is 4.20. The van der Waals surface area contributed by atoms with E-state index in [1.807, 2.05) is 12.1 Å². The van der Waals surface area contributed by atoms with Crippen molar-refractivity contribution in [2.45, 2.75) is 52.0 Å². The molecule has 0 unspecified atom stereocenters. The van der Waals surface area contributed by atoms with E-state index < -0.39 is 0 Å². The second-order valence-electron chi connectivity index (χ2n) is 5.47. The van der Waals surface area contributed by atoms with Gasteiger partial charge in [0.15, 0.2) is 5.78 Å². The number of Topliss-reactive ketones (excluding diaryl/α,β-unsaturated/α-hetero) is 1. The Morgan fingerprint density at radius 3 is 2.65 bits per heavy atom. The average Bonchev–Trinajstić information content (AvgIpc) is 3.04. The molecule has 1 heterocycles. The number of hydrogen-bond donors (Lipinski definition) is 0. The van der Waals surface area contributed by atoms with Crippen LogP contribution in [0.5, 0.6) is 0 Å². The number of ketones is 1. The van der Waals surface area contributed by atoms with E-state index in [1.165, 1.54) is 31.1 Å². The Bertz CT molecular complexity index is 627. The third kappa shape index (κ3) is 2.81. The normalized spacial score (nSPS) is 15.5. The molecular weight excluding hydrogens is 276 g/mol. The Morgan fingerprint density at radius 1 is 1.35 bits per heavy atom. The molecule has 0 saturated heterocycles. The Labute approximate surface area is 149 Å². The number of carbonyl (C=O) groups is 1. The third-order valence-electron chi connectivity index (χ3n) is 4.20. The number of rotatable bonds is 3. The molecule has 0 atom stereocenters. The molecule has 3 nitrogen and oxygen atoms in total. The van der Waals surface area contributed by atoms with Gasteiger partial charge in [-0.05, 0) is 32.3 Å². The summed E-state index contributed by atoms with van der Waals surface area (Å²) in [6.45, 7) is 3.76. The molecule has 4 heteroatoms. The monoisotopic (exact) mass is 296 g/mol. The van der Waals surface area contributed by atoms with E-state index in [0.29, 0.717) is 6.04 Å². The zero-order valence-corrected chi connectivity index (χ0v) is 12.7. The van der Waals surface area contributed by atoms with Gasteiger partial charge in [0, 0.05) is 48.7 Å². The van der Waals surface area contributed by atoms with Gasteiger partial charge in [-0.1, -0.05) is 31.9 Å². The number of aromatic nitrogens is 2. The van der Waals surface area contributed by atoms with Crippen molar-refractivity contribution < 1.29 is 42.5 Å². The molecule has 0 amide bonds. The van der Waals surface area contributed by atoms with Crippen LogP contribution in [0.3, 0.4) is 0 Å². The second-order valence-corrected chi connectivity index (χ2v) is 5.47. The summed E-state index contributed by atoms with van der Waals surface area (Å²) < 4.78 is 2.17. The Balaban J connectivity index is 0.00000147. The standard InChI is InChI=1S/C16H20N2O.Ar/c1-3-15-14-9-8-12(11(2)19)10-16(14)18(17-15)13-6-4-5-7-13;/h8-10,13H,3-7H2,1-2H3;. The van der Waals surface area contributed by atoms with Crippen LogP contribution in [0.2, 0.25) is 0 Å². The summed E-state index contributed by atoms with van der Waals surface area (Å²) in [5.41, 5.74) is 3.07. The van der Waals surface area contributed by atoms with E-state index in [1.54, 1.807) is 6.92 Å². The average molecular weight is 296 g/mol. The molecule has 0 bridgehead atoms. The smallest absolute Gasteiger partial charge is 0.159 e. The minimum atomic E-state index is 0. The van der Waals surface area contributed by atoms with Crippen molar-refractivity contribution >= 4 is 16.7 Å². The molecule has 20 heavy (non-hydrogen) atoms. The summed E-state index contributed by atoms with van der Waals surface area (Å²) in [6.07, 6.45) is 5.95. The number of benzene rings is 1. The van der Waals surface area contributed by atoms with Gasteiger partial charge in [-0.3, -0.25) is 9.48 Å². The van der Waals surface area contributed by atoms with Crippen molar-refractivity contribution in [3.8, 4) is 0 Å². The number of aryl methyl sites for hydroxylation is 1. The SMILES string of the molecule is CCc1nn(C2CCCC2)c2cc(C(C)=O)ccc12.[Ar]. The van der Waals surface area contributed by atoms with Gasteiger partial charge < -0.3 is 0 Å². The van der Waals surface area contributed by atoms with Crippen LogP contribution < -0.4 is 0 Å². The number of fused-ring (bicyclic) bond motifs is 1. The van der Waals surface area contributed by atoms with Crippen molar-refractivity contribution in [1.29, 1.82) is 0 Å². The first-order chi connectivity index (χ1) is 9.20. The topological polar surface area (TPSA) is 34.9 Å². The zero-order valence-electron chi connectivity index (χ0n) is 12.0. The molecule has 1 aromatic heterocycles. The summed E-state index contributed by atoms with van der Waals surface area (Å²) in [4.78, 5) is 11.6. The van der Waals surface area contributed by atoms with Crippen molar-refractivity contribution in [1.82, 2.24) is 9.78 Å². The van der Waals surface area contributed by atoms with Crippen molar-refractivity contribution in [2.75, 3.05) is 0 Å². The van der Waals surface area contributed by atoms with Crippen LogP contribution >= 0.6 is 0 Å². The van der Waals surface area contributed by atoms with Crippen LogP contribution in [0.1, 0.15) is 61.6 Å². The molecule has 1 aliphatic rings. The number of hydrogen-bond acceptors (Lipinski definition) is 2. The van der Waals surface area contributed by atoms with Crippen LogP contribution in [0, 0.1) is 37.7 Å². The van der Waals surface area contributed by atoms with Crippen LogP contribution in [-0.2, 0) is 6.42 Å². The summed E-state index contributed by atoms with van der Waals surface area (Å²) in [7, 11) is 0. The fraction of sp³-hybridized carbons (Fsp3) is 0.500. The molecule has 0 radical (unpaired) electrons. The van der Waals surface area contributed by atoms with E-state index in [9.17, 15) is 4.79 Å². The Hall–Kier alpha value is -0.380. The van der Waals surface area contributed by atoms with Gasteiger partial charge in [0.2, 0.25) is 0 Å². The molecule has 3 rings (SSSR count). The number of nitrogens with zero attached hydrogens (tertiary/aromatic N) is 2. The summed E-state index contributed by atoms with van der Waals surface area (Å²) in [5, 5.41) is 6.00. The van der Waals surface area contributed by atoms with Crippen molar-refractivity contribution in [3.05, 3.63) is 29.5 Å². The summed E-state index contributed by atoms with van der Waals surface area (Å²) >= 11 is 0. The minimum absolute atomic E-state index is 0. The van der Waals surface area contributed by atoms with E-state index in [0.717, 1.165) is 23.2 Å². The molecule has 108 valence electrons. The van der Waals surface area contributed by atoms with Crippen molar-refractivity contribution in [2.24, 2.45) is 0 Å². The summed E-state index contributed by atoms with van der Waals surface area (Å²) in [5.74, 6) is 0.124. The predicted octanol–water partition coefficient (Wildman–Crippen LogP) is 3.92. The molecule has 1 saturated carbocycles. The maximum absolute atomic E-state index is 11.6. The Kier molecular flexibility index (Phi) is 5.27. The fourth-order valence-electron chi connectivity index (χ4n) is 3.11. The van der Waals surface area contributed by atoms with E-state index in [2.05, 4.69) is 17.7 Å². The molecule has 1 aromatic carbocycles. The zero-order chi connectivity index (χ0) is 13.4. The van der Waals surface area contributed by atoms with Gasteiger partial charge in [0.05, 0.1) is 17.3 Å². The first-order valence-electron chi connectivity index (χ1n) is 7.22. The molecule has 0 aliphatic heterocycles. The molecule has 2 aromatic rings. The van der Waals surface area contributed by atoms with Gasteiger partial charge in [-0.2, -0.15) is 5.10 Å². The molecule has 1 aliphatic carbocycles. The quantitative estimate of drug-likeness (QED) is 0.805. The van der Waals surface area contributed by atoms with Gasteiger partial charge in [-0.15, -0.1) is 0 Å². The van der Waals surface area contributed by atoms with Crippen LogP contribution in [0.25, 0.3) is 10.9 Å². The molecular formula is C16H20ArN2O. The maximum atomic E-state index is 11.6. The van der Waals surface area contributed by atoms with Crippen LogP contribution in [-0.4, -0.2) is 15.6 Å². The summed E-state index contributed by atoms with van der Waals surface area (Å²) in [6, 6.07) is 6.51. The Morgan fingerprint density at radius 2 is 2.05 bits per heavy atom. The van der Waals surface area contributed by atoms with E-state index in [-0.39, 0.29) is 43.5 Å². The molecule has 0 N–H and O–H groups in total. The van der Waals surface area contributed by atoms with Gasteiger partial charge in [0.1, 0.15) is 0 Å². The van der Waals surface area contributed by atoms with E-state index >= 15 is 0 Å². The second kappa shape index (κ2) is 6.59. The maximum Gasteiger partial charge on any atom is 0.159 e. The molecule has 0 spiro atoms. The van der Waals surface area contributed by atoms with Crippen molar-refractivity contribution in [3.63, 3.8) is 0 Å². The molecule has 1 fully saturated rings. The predicted molar refractivity (Wildman–Crippen MR) is 76.6 cm³/mol. The van der Waals surface area contributed by atoms with Gasteiger partial charge >= 0.3 is 0 Å². The van der Waals surface area contributed by atoms with Gasteiger partial charge in [-0.25, -0.2) is 0 Å². The van der Waals surface area contributed by atoms with Crippen LogP contribution in [0.4, 0.5) is 0 Å². The first-order valence-corrected chi connectivity index (χ1v) is 7.22. The van der Waals surface area contributed by atoms with E-state index in [4.69, 9.17) is 5.10 Å². The number of carbonyl (C=O) groups excluding carboxylic acids is 1.